The van der Waals surface area contributed by atoms with Crippen LogP contribution in [0.2, 0.25) is 0 Å². The van der Waals surface area contributed by atoms with Crippen LogP contribution >= 0.6 is 0 Å². The zero-order valence-electron chi connectivity index (χ0n) is 13.9. The molecule has 0 amide bonds. The van der Waals surface area contributed by atoms with Crippen molar-refractivity contribution in [3.63, 3.8) is 0 Å². The number of likely N-dealkylation sites (tertiary alicyclic amines) is 1. The summed E-state index contributed by atoms with van der Waals surface area (Å²) >= 11 is 0. The summed E-state index contributed by atoms with van der Waals surface area (Å²) in [4.78, 5) is 6.24. The summed E-state index contributed by atoms with van der Waals surface area (Å²) < 4.78 is 6.33. The number of ether oxygens (including phenoxy) is 1. The van der Waals surface area contributed by atoms with Crippen LogP contribution in [0.1, 0.15) is 30.7 Å². The van der Waals surface area contributed by atoms with E-state index in [0.29, 0.717) is 17.9 Å². The first-order chi connectivity index (χ1) is 11.3. The largest absolute Gasteiger partial charge is 0.372 e. The molecule has 1 aromatic carbocycles. The number of piperidine rings is 1. The molecule has 1 N–H and O–H groups in total. The van der Waals surface area contributed by atoms with Crippen molar-refractivity contribution in [2.75, 3.05) is 20.2 Å². The van der Waals surface area contributed by atoms with Crippen LogP contribution in [-0.2, 0) is 11.2 Å². The Kier molecular flexibility index (Phi) is 2.98. The molecular weight excluding hydrogens is 284 g/mol. The number of aromatic amines is 1. The average molecular weight is 308 g/mol. The molecular formula is C20H24N2O. The number of nitrogens with one attached hydrogen (secondary N) is 1. The van der Waals surface area contributed by atoms with Gasteiger partial charge in [0.2, 0.25) is 0 Å². The Morgan fingerprint density at radius 3 is 3.04 bits per heavy atom. The van der Waals surface area contributed by atoms with E-state index in [1.54, 1.807) is 5.57 Å². The second-order valence-electron chi connectivity index (χ2n) is 7.44. The number of fused-ring (bicyclic) bond motifs is 2. The van der Waals surface area contributed by atoms with E-state index in [1.807, 2.05) is 0 Å². The maximum atomic E-state index is 6.33. The molecule has 0 saturated carbocycles. The molecule has 3 nitrogen and oxygen atoms in total. The van der Waals surface area contributed by atoms with Gasteiger partial charge < -0.3 is 9.72 Å². The van der Waals surface area contributed by atoms with E-state index >= 15 is 0 Å². The van der Waals surface area contributed by atoms with Crippen molar-refractivity contribution in [1.29, 1.82) is 0 Å². The maximum absolute atomic E-state index is 6.33. The predicted molar refractivity (Wildman–Crippen MR) is 92.5 cm³/mol. The molecule has 4 atom stereocenters. The van der Waals surface area contributed by atoms with Gasteiger partial charge in [-0.25, -0.2) is 0 Å². The minimum Gasteiger partial charge on any atom is -0.372 e. The number of hydrogen-bond donors (Lipinski definition) is 1. The summed E-state index contributed by atoms with van der Waals surface area (Å²) in [5.41, 5.74) is 5.70. The number of H-pyrrole nitrogens is 1. The minimum absolute atomic E-state index is 0.234. The third kappa shape index (κ3) is 1.90. The first-order valence-electron chi connectivity index (χ1n) is 8.82. The minimum atomic E-state index is 0.234. The van der Waals surface area contributed by atoms with Gasteiger partial charge in [-0.05, 0) is 44.4 Å². The van der Waals surface area contributed by atoms with Gasteiger partial charge in [0.1, 0.15) is 0 Å². The van der Waals surface area contributed by atoms with Gasteiger partial charge in [0.15, 0.2) is 0 Å². The monoisotopic (exact) mass is 308 g/mol. The number of likely N-dealkylation sites (N-methyl/N-ethyl adjacent to an activating group) is 1. The van der Waals surface area contributed by atoms with Crippen LogP contribution in [0, 0.1) is 11.8 Å². The van der Waals surface area contributed by atoms with E-state index in [4.69, 9.17) is 4.74 Å². The van der Waals surface area contributed by atoms with Crippen molar-refractivity contribution in [2.45, 2.75) is 31.9 Å². The first kappa shape index (κ1) is 13.8. The summed E-state index contributed by atoms with van der Waals surface area (Å²) in [7, 11) is 2.28. The van der Waals surface area contributed by atoms with E-state index < -0.39 is 0 Å². The molecule has 1 aromatic heterocycles. The maximum Gasteiger partial charge on any atom is 0.0981 e. The average Bonchev–Trinajstić information content (AvgIpc) is 2.92. The van der Waals surface area contributed by atoms with Crippen LogP contribution in [0.4, 0.5) is 0 Å². The van der Waals surface area contributed by atoms with E-state index in [0.717, 1.165) is 26.0 Å². The molecule has 6 rings (SSSR count). The smallest absolute Gasteiger partial charge is 0.0981 e. The van der Waals surface area contributed by atoms with E-state index in [2.05, 4.69) is 54.2 Å². The Labute approximate surface area is 137 Å². The molecule has 1 unspecified atom stereocenters. The number of benzene rings is 1. The van der Waals surface area contributed by atoms with Crippen molar-refractivity contribution < 1.29 is 4.74 Å². The summed E-state index contributed by atoms with van der Waals surface area (Å²) in [5.74, 6) is 1.33. The Hall–Kier alpha value is -1.58. The van der Waals surface area contributed by atoms with Crippen molar-refractivity contribution in [3.8, 4) is 0 Å². The second-order valence-corrected chi connectivity index (χ2v) is 7.44. The fourth-order valence-corrected chi connectivity index (χ4v) is 5.21. The van der Waals surface area contributed by atoms with Crippen LogP contribution in [0.5, 0.6) is 0 Å². The van der Waals surface area contributed by atoms with Gasteiger partial charge in [-0.15, -0.1) is 0 Å². The zero-order valence-corrected chi connectivity index (χ0v) is 13.9. The number of aromatic nitrogens is 1. The Balaban J connectivity index is 1.71. The number of nitrogens with zero attached hydrogens (tertiary/aromatic N) is 1. The molecule has 0 spiro atoms. The highest BCUT2D eigenvalue weighted by molar-refractivity contribution is 5.85. The normalized spacial score (nSPS) is 35.3. The number of para-hydroxylation sites is 1. The van der Waals surface area contributed by atoms with E-state index in [9.17, 15) is 0 Å². The number of allylic oxidation sites excluding steroid dienone is 1. The molecule has 1 aliphatic carbocycles. The van der Waals surface area contributed by atoms with Gasteiger partial charge in [-0.2, -0.15) is 0 Å². The summed E-state index contributed by atoms with van der Waals surface area (Å²) in [5, 5.41) is 1.39. The predicted octanol–water partition coefficient (Wildman–Crippen LogP) is 3.68. The standard InChI is InChI=1S/C20H24N2O/c1-3-12-10-22(2)18-8-15-13-6-4-5-7-17(13)21-20(15)19-9-14(12)16(18)11-23-19/h3-7,14,16,18-19,21H,8-11H2,1-2H3/b12-3-/t14-,16?,18+,19+/m1/s1. The van der Waals surface area contributed by atoms with Crippen molar-refractivity contribution >= 4 is 10.9 Å². The number of hydrogen-bond acceptors (Lipinski definition) is 2. The number of rotatable bonds is 0. The Morgan fingerprint density at radius 1 is 1.30 bits per heavy atom. The van der Waals surface area contributed by atoms with Crippen LogP contribution in [0.3, 0.4) is 0 Å². The molecule has 23 heavy (non-hydrogen) atoms. The fourth-order valence-electron chi connectivity index (χ4n) is 5.21. The summed E-state index contributed by atoms with van der Waals surface area (Å²) in [6.45, 7) is 4.22. The lowest BCUT2D eigenvalue weighted by Crippen LogP contribution is -2.54. The third-order valence-electron chi connectivity index (χ3n) is 6.40. The van der Waals surface area contributed by atoms with Crippen molar-refractivity contribution in [2.24, 2.45) is 11.8 Å². The van der Waals surface area contributed by atoms with Gasteiger partial charge in [0.05, 0.1) is 12.7 Å². The zero-order chi connectivity index (χ0) is 15.6. The molecule has 2 saturated heterocycles. The fraction of sp³-hybridized carbons (Fsp3) is 0.500. The molecule has 3 aliphatic heterocycles. The Bertz CT molecular complexity index is 790. The van der Waals surface area contributed by atoms with Gasteiger partial charge in [-0.3, -0.25) is 4.90 Å². The lowest BCUT2D eigenvalue weighted by atomic mass is 9.69. The Morgan fingerprint density at radius 2 is 2.17 bits per heavy atom. The van der Waals surface area contributed by atoms with Gasteiger partial charge in [0, 0.05) is 35.1 Å². The molecule has 0 radical (unpaired) electrons. The van der Waals surface area contributed by atoms with Crippen LogP contribution in [-0.4, -0.2) is 36.1 Å². The topological polar surface area (TPSA) is 28.3 Å². The molecule has 3 heteroatoms. The molecule has 4 heterocycles. The SMILES string of the molecule is C/C=C1/CN(C)[C@H]2Cc3c([nH]c4ccccc34)[C@@H]3C[C@H]1C2CO3. The summed E-state index contributed by atoms with van der Waals surface area (Å²) in [6, 6.07) is 9.31. The second kappa shape index (κ2) is 4.96. The highest BCUT2D eigenvalue weighted by Gasteiger charge is 2.46. The van der Waals surface area contributed by atoms with Crippen LogP contribution < -0.4 is 0 Å². The lowest BCUT2D eigenvalue weighted by molar-refractivity contribution is -0.0833. The molecule has 2 aromatic rings. The molecule has 120 valence electrons. The van der Waals surface area contributed by atoms with Gasteiger partial charge in [0.25, 0.3) is 0 Å². The van der Waals surface area contributed by atoms with Crippen molar-refractivity contribution in [3.05, 3.63) is 47.2 Å². The lowest BCUT2D eigenvalue weighted by Gasteiger charge is -2.51. The highest BCUT2D eigenvalue weighted by Crippen LogP contribution is 2.48. The first-order valence-corrected chi connectivity index (χ1v) is 8.82. The molecule has 4 bridgehead atoms. The highest BCUT2D eigenvalue weighted by atomic mass is 16.5. The summed E-state index contributed by atoms with van der Waals surface area (Å²) in [6.07, 6.45) is 4.86. The third-order valence-corrected chi connectivity index (χ3v) is 6.40. The quantitative estimate of drug-likeness (QED) is 0.752. The van der Waals surface area contributed by atoms with Crippen LogP contribution in [0.15, 0.2) is 35.9 Å². The van der Waals surface area contributed by atoms with Gasteiger partial charge >= 0.3 is 0 Å². The van der Waals surface area contributed by atoms with Gasteiger partial charge in [-0.1, -0.05) is 29.8 Å². The molecule has 2 fully saturated rings. The van der Waals surface area contributed by atoms with Crippen LogP contribution in [0.25, 0.3) is 10.9 Å². The van der Waals surface area contributed by atoms with E-state index in [1.165, 1.54) is 22.2 Å². The van der Waals surface area contributed by atoms with E-state index in [-0.39, 0.29) is 6.10 Å². The molecule has 4 aliphatic rings. The van der Waals surface area contributed by atoms with Crippen molar-refractivity contribution in [1.82, 2.24) is 9.88 Å².